The van der Waals surface area contributed by atoms with Gasteiger partial charge in [0, 0.05) is 62.8 Å². The summed E-state index contributed by atoms with van der Waals surface area (Å²) in [5, 5.41) is 8.03. The number of hydrogen-bond donors (Lipinski definition) is 2. The van der Waals surface area contributed by atoms with E-state index >= 15 is 9.18 Å². The molecule has 10 rings (SSSR count). The molecule has 2 fully saturated rings. The van der Waals surface area contributed by atoms with Gasteiger partial charge in [-0.3, -0.25) is 24.3 Å². The van der Waals surface area contributed by atoms with E-state index in [1.165, 1.54) is 23.2 Å². The Morgan fingerprint density at radius 2 is 1.68 bits per heavy atom. The second-order valence-electron chi connectivity index (χ2n) is 21.3. The van der Waals surface area contributed by atoms with Crippen LogP contribution in [0.25, 0.3) is 16.1 Å². The molecule has 21 nitrogen and oxygen atoms in total. The highest BCUT2D eigenvalue weighted by atomic mass is 35.5. The monoisotopic (exact) mass is 1160 g/mol. The molecule has 4 aliphatic heterocycles. The number of ether oxygens (including phenoxy) is 4. The number of methoxy groups -OCH3 is 1. The zero-order valence-electron chi connectivity index (χ0n) is 47.6. The predicted molar refractivity (Wildman–Crippen MR) is 314 cm³/mol. The molecule has 2 aromatic heterocycles. The maximum atomic E-state index is 15.2. The normalized spacial score (nSPS) is 17.7. The second kappa shape index (κ2) is 25.9. The lowest BCUT2D eigenvalue weighted by molar-refractivity contribution is -0.135. The first kappa shape index (κ1) is 58.5. The Hall–Kier alpha value is -8.65. The maximum Gasteiger partial charge on any atom is 0.326 e. The highest BCUT2D eigenvalue weighted by molar-refractivity contribution is 6.30. The number of aromatic nitrogens is 4. The number of nitrogen functional groups attached to an aromatic ring is 1. The van der Waals surface area contributed by atoms with Gasteiger partial charge in [-0.15, -0.1) is 0 Å². The molecule has 6 heterocycles. The Balaban J connectivity index is 0.718. The molecule has 3 atom stereocenters. The van der Waals surface area contributed by atoms with E-state index in [1.54, 1.807) is 57.8 Å². The number of nitrogens with one attached hydrogen (secondary N) is 1. The van der Waals surface area contributed by atoms with Crippen molar-refractivity contribution in [1.29, 1.82) is 0 Å². The average Bonchev–Trinajstić information content (AvgIpc) is 2.70. The number of halogens is 2. The van der Waals surface area contributed by atoms with Crippen molar-refractivity contribution in [2.24, 2.45) is 4.99 Å². The number of hydrogen-bond acceptors (Lipinski definition) is 14. The highest BCUT2D eigenvalue weighted by Crippen LogP contribution is 2.46. The number of nitrogens with zero attached hydrogens (tertiary/aromatic N) is 11. The number of carbonyl (C=O) groups excluding carboxylic acids is 4. The fraction of sp³-hybridized carbons (Fsp3) is 0.393. The number of amides is 5. The summed E-state index contributed by atoms with van der Waals surface area (Å²) in [6.45, 7) is 16.2. The molecule has 4 aliphatic rings. The van der Waals surface area contributed by atoms with Gasteiger partial charge in [0.1, 0.15) is 35.7 Å². The lowest BCUT2D eigenvalue weighted by atomic mass is 9.93. The summed E-state index contributed by atoms with van der Waals surface area (Å²) in [4.78, 5) is 82.6. The molecule has 438 valence electrons. The molecule has 84 heavy (non-hydrogen) atoms. The number of amidine groups is 1. The molecule has 23 heteroatoms. The molecule has 4 aromatic carbocycles. The fourth-order valence-corrected chi connectivity index (χ4v) is 11.3. The fourth-order valence-electron chi connectivity index (χ4n) is 11.1. The van der Waals surface area contributed by atoms with Crippen LogP contribution in [0, 0.1) is 19.3 Å². The van der Waals surface area contributed by atoms with E-state index in [1.807, 2.05) is 74.2 Å². The summed E-state index contributed by atoms with van der Waals surface area (Å²) in [6.07, 6.45) is 2.81. The van der Waals surface area contributed by atoms with E-state index in [9.17, 15) is 14.4 Å². The number of benzene rings is 4. The van der Waals surface area contributed by atoms with Crippen LogP contribution in [0.5, 0.6) is 11.5 Å². The summed E-state index contributed by atoms with van der Waals surface area (Å²) >= 11 is 6.40. The largest absolute Gasteiger partial charge is 0.497 e. The van der Waals surface area contributed by atoms with Gasteiger partial charge in [-0.1, -0.05) is 60.1 Å². The summed E-state index contributed by atoms with van der Waals surface area (Å²) in [6, 6.07) is 23.5. The van der Waals surface area contributed by atoms with Gasteiger partial charge in [-0.2, -0.15) is 4.68 Å². The van der Waals surface area contributed by atoms with Crippen molar-refractivity contribution < 1.29 is 42.5 Å². The van der Waals surface area contributed by atoms with Gasteiger partial charge in [-0.25, -0.2) is 19.2 Å². The third-order valence-corrected chi connectivity index (χ3v) is 15.5. The Bertz CT molecular complexity index is 3500. The van der Waals surface area contributed by atoms with Gasteiger partial charge >= 0.3 is 11.8 Å². The summed E-state index contributed by atoms with van der Waals surface area (Å²) in [5.74, 6) is 0.632. The van der Waals surface area contributed by atoms with E-state index in [0.29, 0.717) is 75.8 Å². The van der Waals surface area contributed by atoms with Gasteiger partial charge < -0.3 is 54.4 Å². The molecule has 0 unspecified atom stereocenters. The van der Waals surface area contributed by atoms with Gasteiger partial charge in [0.2, 0.25) is 11.8 Å². The molecule has 3 N–H and O–H groups in total. The van der Waals surface area contributed by atoms with Crippen LogP contribution in [0.2, 0.25) is 5.02 Å². The Morgan fingerprint density at radius 1 is 0.917 bits per heavy atom. The van der Waals surface area contributed by atoms with Crippen molar-refractivity contribution in [3.63, 3.8) is 0 Å². The summed E-state index contributed by atoms with van der Waals surface area (Å²) in [7, 11) is 3.18. The quantitative estimate of drug-likeness (QED) is 0.0611. The molecule has 0 saturated carbocycles. The molecular weight excluding hydrogens is 1100 g/mol. The van der Waals surface area contributed by atoms with Crippen LogP contribution in [-0.4, -0.2) is 155 Å². The first-order valence-corrected chi connectivity index (χ1v) is 28.4. The number of anilines is 2. The number of fused-ring (bicyclic) bond motifs is 9. The van der Waals surface area contributed by atoms with Crippen LogP contribution < -0.4 is 25.4 Å². The standard InChI is InChI=1S/C61H67ClFN13O8/c1-37(2)84-50-33-45(81-6)17-18-46(50)58-69-54(39-11-9-38(3)10-12-39)55(40-13-15-43(62)16-14-40)76(58)61(80)73-24-23-72(52(78)36-73)25-27-83-29-28-82-26-19-51(77)66-20-22-75-49-35-71(5)60(79)42-30-41(31-44(63)32-42)48-8-7-21-74(48)59-56(64)67-34-47(68-59)53(49)57(65-4)70-75/h9-18,30-34,37,48,54-55H,7-8,19-29,35-36H2,1-3,5-6H3,(H2,64,67)(H,66,77)/t48-,54+,55-/m1/s1. The molecular formula is C61H67ClFN13O8. The van der Waals surface area contributed by atoms with Crippen molar-refractivity contribution in [3.8, 4) is 22.8 Å². The number of carbonyl (C=O) groups is 4. The summed E-state index contributed by atoms with van der Waals surface area (Å²) < 4.78 is 40.2. The molecule has 0 radical (unpaired) electrons. The number of rotatable bonds is 18. The number of aliphatic imine (C=N–C) groups is 1. The van der Waals surface area contributed by atoms with Gasteiger partial charge in [0.05, 0.1) is 93.5 Å². The lowest BCUT2D eigenvalue weighted by Gasteiger charge is -2.38. The van der Waals surface area contributed by atoms with Crippen molar-refractivity contribution in [1.82, 2.24) is 44.7 Å². The van der Waals surface area contributed by atoms with E-state index in [2.05, 4.69) is 20.2 Å². The van der Waals surface area contributed by atoms with E-state index in [-0.39, 0.29) is 119 Å². The Morgan fingerprint density at radius 3 is 2.42 bits per heavy atom. The van der Waals surface area contributed by atoms with Crippen molar-refractivity contribution in [3.05, 3.63) is 152 Å². The minimum Gasteiger partial charge on any atom is -0.497 e. The Kier molecular flexibility index (Phi) is 18.0. The average molecular weight is 1160 g/mol. The number of piperazine rings is 1. The smallest absolute Gasteiger partial charge is 0.326 e. The van der Waals surface area contributed by atoms with Gasteiger partial charge in [0.25, 0.3) is 5.91 Å². The molecule has 5 amide bonds. The third kappa shape index (κ3) is 12.8. The number of aryl methyl sites for hydroxylation is 1. The van der Waals surface area contributed by atoms with Crippen LogP contribution >= 0.6 is 11.6 Å². The van der Waals surface area contributed by atoms with E-state index in [4.69, 9.17) is 52.8 Å². The van der Waals surface area contributed by atoms with Crippen LogP contribution in [0.3, 0.4) is 0 Å². The maximum absolute atomic E-state index is 15.2. The van der Waals surface area contributed by atoms with E-state index < -0.39 is 23.8 Å². The van der Waals surface area contributed by atoms with Crippen LogP contribution in [-0.2, 0) is 32.2 Å². The minimum absolute atomic E-state index is 0.0176. The third-order valence-electron chi connectivity index (χ3n) is 15.3. The lowest BCUT2D eigenvalue weighted by Crippen LogP contribution is -2.56. The Labute approximate surface area is 491 Å². The molecule has 0 spiro atoms. The first-order valence-electron chi connectivity index (χ1n) is 28.0. The predicted octanol–water partition coefficient (Wildman–Crippen LogP) is 8.35. The zero-order chi connectivity index (χ0) is 59.2. The number of nitrogens with two attached hydrogens (primary N) is 1. The van der Waals surface area contributed by atoms with Crippen LogP contribution in [0.1, 0.15) is 95.1 Å². The SMILES string of the molecule is [C-]#[N+]c1nn(CCNC(=O)CCOCCOCCN2CCN(C(=O)N3C(c4ccc(OC)cc4OC(C)C)=N[C@@H](c4ccc(C)cc4)[C@H]3c3ccc(Cl)cc3)CC2=O)c2c1-c1cnc(N)c(n1)N1CCC[C@@H]1c1cc(F)cc(c1)C(=O)N(C)C2. The molecule has 6 aromatic rings. The second-order valence-corrected chi connectivity index (χ2v) is 21.8. The highest BCUT2D eigenvalue weighted by Gasteiger charge is 2.46. The van der Waals surface area contributed by atoms with E-state index in [0.717, 1.165) is 23.1 Å². The topological polar surface area (TPSA) is 220 Å². The van der Waals surface area contributed by atoms with Crippen molar-refractivity contribution in [2.45, 2.75) is 77.4 Å². The number of urea groups is 1. The zero-order valence-corrected chi connectivity index (χ0v) is 48.4. The van der Waals surface area contributed by atoms with Crippen LogP contribution in [0.15, 0.2) is 96.1 Å². The minimum atomic E-state index is -0.600. The first-order chi connectivity index (χ1) is 40.6. The van der Waals surface area contributed by atoms with Gasteiger partial charge in [-0.05, 0) is 97.9 Å². The summed E-state index contributed by atoms with van der Waals surface area (Å²) in [5.41, 5.74) is 11.8. The van der Waals surface area contributed by atoms with Crippen molar-refractivity contribution in [2.75, 3.05) is 90.5 Å². The van der Waals surface area contributed by atoms with Gasteiger partial charge in [0.15, 0.2) is 11.6 Å². The van der Waals surface area contributed by atoms with Crippen molar-refractivity contribution >= 4 is 58.6 Å². The van der Waals surface area contributed by atoms with Crippen LogP contribution in [0.4, 0.5) is 26.6 Å². The molecule has 2 saturated heterocycles. The molecule has 4 bridgehead atoms. The molecule has 0 aliphatic carbocycles.